The Balaban J connectivity index is 2.02. The number of halogens is 1. The maximum Gasteiger partial charge on any atom is 0.306 e. The summed E-state index contributed by atoms with van der Waals surface area (Å²) in [5.74, 6) is -2.20. The van der Waals surface area contributed by atoms with E-state index in [2.05, 4.69) is 0 Å². The highest BCUT2D eigenvalue weighted by Crippen LogP contribution is 2.29. The number of benzene rings is 1. The molecule has 0 aromatic heterocycles. The normalized spacial score (nSPS) is 27.3. The molecule has 1 N–H and O–H groups in total. The molecule has 5 heteroatoms. The number of carboxylic acids is 1. The Morgan fingerprint density at radius 3 is 2.94 bits per heavy atom. The van der Waals surface area contributed by atoms with E-state index in [4.69, 9.17) is 14.6 Å². The van der Waals surface area contributed by atoms with Crippen LogP contribution in [0.2, 0.25) is 0 Å². The predicted octanol–water partition coefficient (Wildman–Crippen LogP) is 1.97. The van der Waals surface area contributed by atoms with Crippen LogP contribution >= 0.6 is 0 Å². The standard InChI is InChI=1S/C13H15FO4/c1-13(7-9-4-2-3-5-11(9)14)17-8-10(18-13)6-12(15)16/h2-5,10H,6-8H2,1H3,(H,15,16). The molecule has 0 amide bonds. The third-order valence-corrected chi connectivity index (χ3v) is 2.86. The van der Waals surface area contributed by atoms with Gasteiger partial charge in [-0.05, 0) is 18.6 Å². The predicted molar refractivity (Wildman–Crippen MR) is 61.6 cm³/mol. The van der Waals surface area contributed by atoms with Crippen LogP contribution in [-0.4, -0.2) is 29.6 Å². The molecule has 0 spiro atoms. The van der Waals surface area contributed by atoms with Gasteiger partial charge in [-0.2, -0.15) is 0 Å². The van der Waals surface area contributed by atoms with Crippen molar-refractivity contribution in [2.75, 3.05) is 6.61 Å². The van der Waals surface area contributed by atoms with Crippen molar-refractivity contribution in [1.29, 1.82) is 0 Å². The van der Waals surface area contributed by atoms with Gasteiger partial charge in [0.1, 0.15) is 5.82 Å². The second-order valence-corrected chi connectivity index (χ2v) is 4.55. The van der Waals surface area contributed by atoms with Crippen molar-refractivity contribution in [3.05, 3.63) is 35.6 Å². The van der Waals surface area contributed by atoms with Gasteiger partial charge in [0.05, 0.1) is 19.1 Å². The van der Waals surface area contributed by atoms with Gasteiger partial charge in [0, 0.05) is 6.42 Å². The zero-order valence-electron chi connectivity index (χ0n) is 10.1. The van der Waals surface area contributed by atoms with E-state index < -0.39 is 17.9 Å². The summed E-state index contributed by atoms with van der Waals surface area (Å²) in [6, 6.07) is 6.40. The lowest BCUT2D eigenvalue weighted by molar-refractivity contribution is -0.158. The number of carbonyl (C=O) groups is 1. The van der Waals surface area contributed by atoms with Crippen LogP contribution < -0.4 is 0 Å². The molecule has 1 fully saturated rings. The van der Waals surface area contributed by atoms with Crippen molar-refractivity contribution in [3.63, 3.8) is 0 Å². The summed E-state index contributed by atoms with van der Waals surface area (Å²) >= 11 is 0. The van der Waals surface area contributed by atoms with Crippen molar-refractivity contribution in [3.8, 4) is 0 Å². The summed E-state index contributed by atoms with van der Waals surface area (Å²) in [5, 5.41) is 8.68. The molecule has 0 saturated carbocycles. The molecule has 1 aromatic carbocycles. The highest BCUT2D eigenvalue weighted by molar-refractivity contribution is 5.67. The van der Waals surface area contributed by atoms with Crippen molar-refractivity contribution >= 4 is 5.97 Å². The fourth-order valence-corrected chi connectivity index (χ4v) is 2.07. The molecule has 0 aliphatic carbocycles. The zero-order chi connectivity index (χ0) is 13.2. The Kier molecular flexibility index (Phi) is 3.63. The van der Waals surface area contributed by atoms with Crippen molar-refractivity contribution < 1.29 is 23.8 Å². The second-order valence-electron chi connectivity index (χ2n) is 4.55. The number of rotatable bonds is 4. The molecule has 2 rings (SSSR count). The molecule has 2 atom stereocenters. The van der Waals surface area contributed by atoms with E-state index in [1.165, 1.54) is 6.07 Å². The van der Waals surface area contributed by atoms with E-state index >= 15 is 0 Å². The fourth-order valence-electron chi connectivity index (χ4n) is 2.07. The van der Waals surface area contributed by atoms with Crippen LogP contribution in [0.3, 0.4) is 0 Å². The van der Waals surface area contributed by atoms with Crippen molar-refractivity contribution in [2.45, 2.75) is 31.7 Å². The summed E-state index contributed by atoms with van der Waals surface area (Å²) in [5.41, 5.74) is 0.496. The molecule has 0 radical (unpaired) electrons. The first-order valence-corrected chi connectivity index (χ1v) is 5.75. The highest BCUT2D eigenvalue weighted by Gasteiger charge is 2.38. The molecular formula is C13H15FO4. The van der Waals surface area contributed by atoms with Crippen LogP contribution in [0.5, 0.6) is 0 Å². The van der Waals surface area contributed by atoms with Gasteiger partial charge in [0.25, 0.3) is 0 Å². The number of carboxylic acid groups (broad SMARTS) is 1. The van der Waals surface area contributed by atoms with Gasteiger partial charge >= 0.3 is 5.97 Å². The molecule has 4 nitrogen and oxygen atoms in total. The van der Waals surface area contributed by atoms with Crippen LogP contribution in [-0.2, 0) is 20.7 Å². The molecule has 1 aromatic rings. The topological polar surface area (TPSA) is 55.8 Å². The Bertz CT molecular complexity index is 448. The molecule has 0 bridgehead atoms. The molecule has 98 valence electrons. The zero-order valence-corrected chi connectivity index (χ0v) is 10.1. The Labute approximate surface area is 104 Å². The number of aliphatic carboxylic acids is 1. The van der Waals surface area contributed by atoms with Gasteiger partial charge in [-0.25, -0.2) is 4.39 Å². The quantitative estimate of drug-likeness (QED) is 0.892. The average Bonchev–Trinajstić information content (AvgIpc) is 2.63. The smallest absolute Gasteiger partial charge is 0.306 e. The van der Waals surface area contributed by atoms with E-state index in [-0.39, 0.29) is 25.3 Å². The summed E-state index contributed by atoms with van der Waals surface area (Å²) < 4.78 is 24.5. The Hall–Kier alpha value is -1.46. The van der Waals surface area contributed by atoms with E-state index in [0.717, 1.165) is 0 Å². The molecule has 18 heavy (non-hydrogen) atoms. The van der Waals surface area contributed by atoms with E-state index in [1.54, 1.807) is 25.1 Å². The van der Waals surface area contributed by atoms with Crippen LogP contribution in [0.25, 0.3) is 0 Å². The van der Waals surface area contributed by atoms with Gasteiger partial charge in [-0.1, -0.05) is 18.2 Å². The number of hydrogen-bond donors (Lipinski definition) is 1. The van der Waals surface area contributed by atoms with Gasteiger partial charge in [0.15, 0.2) is 5.79 Å². The summed E-state index contributed by atoms with van der Waals surface area (Å²) in [4.78, 5) is 10.6. The molecule has 1 heterocycles. The molecule has 1 saturated heterocycles. The minimum atomic E-state index is -0.956. The van der Waals surface area contributed by atoms with Crippen molar-refractivity contribution in [2.24, 2.45) is 0 Å². The fraction of sp³-hybridized carbons (Fsp3) is 0.462. The van der Waals surface area contributed by atoms with Gasteiger partial charge in [-0.3, -0.25) is 4.79 Å². The lowest BCUT2D eigenvalue weighted by atomic mass is 10.1. The third kappa shape index (κ3) is 3.05. The van der Waals surface area contributed by atoms with Crippen LogP contribution in [0.4, 0.5) is 4.39 Å². The first-order chi connectivity index (χ1) is 8.48. The lowest BCUT2D eigenvalue weighted by Crippen LogP contribution is -2.30. The Morgan fingerprint density at radius 2 is 2.28 bits per heavy atom. The first-order valence-electron chi connectivity index (χ1n) is 5.75. The maximum absolute atomic E-state index is 13.5. The van der Waals surface area contributed by atoms with Crippen LogP contribution in [0.15, 0.2) is 24.3 Å². The number of hydrogen-bond acceptors (Lipinski definition) is 3. The monoisotopic (exact) mass is 254 g/mol. The minimum absolute atomic E-state index is 0.104. The third-order valence-electron chi connectivity index (χ3n) is 2.86. The van der Waals surface area contributed by atoms with Gasteiger partial charge in [-0.15, -0.1) is 0 Å². The summed E-state index contributed by atoms with van der Waals surface area (Å²) in [7, 11) is 0. The average molecular weight is 254 g/mol. The first kappa shape index (κ1) is 13.0. The highest BCUT2D eigenvalue weighted by atomic mass is 19.1. The van der Waals surface area contributed by atoms with Crippen LogP contribution in [0.1, 0.15) is 18.9 Å². The largest absolute Gasteiger partial charge is 0.481 e. The number of ether oxygens (including phenoxy) is 2. The van der Waals surface area contributed by atoms with Crippen LogP contribution in [0, 0.1) is 5.82 Å². The molecule has 1 aliphatic rings. The second kappa shape index (κ2) is 5.04. The Morgan fingerprint density at radius 1 is 1.56 bits per heavy atom. The van der Waals surface area contributed by atoms with Crippen molar-refractivity contribution in [1.82, 2.24) is 0 Å². The lowest BCUT2D eigenvalue weighted by Gasteiger charge is -2.23. The molecule has 1 aliphatic heterocycles. The van der Waals surface area contributed by atoms with Gasteiger partial charge in [0.2, 0.25) is 0 Å². The maximum atomic E-state index is 13.5. The summed E-state index contributed by atoms with van der Waals surface area (Å²) in [6.07, 6.45) is -0.317. The van der Waals surface area contributed by atoms with E-state index in [1.807, 2.05) is 0 Å². The SMILES string of the molecule is CC1(Cc2ccccc2F)OCC(CC(=O)O)O1. The minimum Gasteiger partial charge on any atom is -0.481 e. The summed E-state index contributed by atoms with van der Waals surface area (Å²) in [6.45, 7) is 1.92. The van der Waals surface area contributed by atoms with E-state index in [9.17, 15) is 9.18 Å². The van der Waals surface area contributed by atoms with Gasteiger partial charge < -0.3 is 14.6 Å². The molecule has 2 unspecified atom stereocenters. The van der Waals surface area contributed by atoms with E-state index in [0.29, 0.717) is 5.56 Å². The molecular weight excluding hydrogens is 239 g/mol.